The van der Waals surface area contributed by atoms with Gasteiger partial charge in [-0.3, -0.25) is 4.79 Å². The molecule has 136 valence electrons. The quantitative estimate of drug-likeness (QED) is 0.840. The fourth-order valence-corrected chi connectivity index (χ4v) is 3.82. The Morgan fingerprint density at radius 3 is 2.67 bits per heavy atom. The first-order valence-corrected chi connectivity index (χ1v) is 8.39. The second-order valence-corrected chi connectivity index (χ2v) is 6.62. The molecule has 3 saturated heterocycles. The number of urea groups is 1. The van der Waals surface area contributed by atoms with E-state index in [9.17, 15) is 22.8 Å². The van der Waals surface area contributed by atoms with Gasteiger partial charge in [-0.25, -0.2) is 4.79 Å². The van der Waals surface area contributed by atoms with E-state index in [0.29, 0.717) is 13.2 Å². The molecular weight excluding hydrogens is 327 g/mol. The highest BCUT2D eigenvalue weighted by Gasteiger charge is 2.42. The average Bonchev–Trinajstić information content (AvgIpc) is 3.21. The van der Waals surface area contributed by atoms with E-state index < -0.39 is 24.7 Å². The maximum Gasteiger partial charge on any atom is 0.406 e. The van der Waals surface area contributed by atoms with Crippen molar-refractivity contribution in [2.75, 3.05) is 26.2 Å². The number of nitrogens with zero attached hydrogens (tertiary/aromatic N) is 2. The first-order valence-electron chi connectivity index (χ1n) is 8.39. The number of alkyl halides is 3. The Labute approximate surface area is 138 Å². The molecule has 9 heteroatoms. The predicted molar refractivity (Wildman–Crippen MR) is 78.3 cm³/mol. The Kier molecular flexibility index (Phi) is 4.89. The van der Waals surface area contributed by atoms with E-state index in [-0.39, 0.29) is 31.1 Å². The van der Waals surface area contributed by atoms with Crippen LogP contribution in [0.5, 0.6) is 0 Å². The number of halogens is 3. The third kappa shape index (κ3) is 3.76. The SMILES string of the molecule is O=C1C(NC(=O)N2CCCC2C2CCCO2)CCN1CC(F)(F)F. The van der Waals surface area contributed by atoms with Crippen molar-refractivity contribution in [3.8, 4) is 0 Å². The van der Waals surface area contributed by atoms with Gasteiger partial charge in [-0.1, -0.05) is 0 Å². The van der Waals surface area contributed by atoms with Crippen LogP contribution in [-0.4, -0.2) is 72.3 Å². The molecule has 3 atom stereocenters. The summed E-state index contributed by atoms with van der Waals surface area (Å²) in [4.78, 5) is 26.9. The summed E-state index contributed by atoms with van der Waals surface area (Å²) in [6.07, 6.45) is -0.569. The van der Waals surface area contributed by atoms with Gasteiger partial charge in [0.05, 0.1) is 12.1 Å². The number of amides is 3. The van der Waals surface area contributed by atoms with Crippen LogP contribution in [0.15, 0.2) is 0 Å². The van der Waals surface area contributed by atoms with Crippen molar-refractivity contribution in [3.05, 3.63) is 0 Å². The molecule has 6 nitrogen and oxygen atoms in total. The zero-order valence-corrected chi connectivity index (χ0v) is 13.3. The van der Waals surface area contributed by atoms with Crippen LogP contribution in [0.2, 0.25) is 0 Å². The van der Waals surface area contributed by atoms with Crippen LogP contribution in [0, 0.1) is 0 Å². The van der Waals surface area contributed by atoms with Crippen molar-refractivity contribution in [1.29, 1.82) is 0 Å². The summed E-state index contributed by atoms with van der Waals surface area (Å²) in [6, 6.07) is -1.25. The molecule has 0 aromatic carbocycles. The van der Waals surface area contributed by atoms with Crippen molar-refractivity contribution < 1.29 is 27.5 Å². The van der Waals surface area contributed by atoms with Crippen LogP contribution >= 0.6 is 0 Å². The van der Waals surface area contributed by atoms with Crippen LogP contribution < -0.4 is 5.32 Å². The molecule has 3 unspecified atom stereocenters. The molecule has 3 rings (SSSR count). The molecule has 0 aliphatic carbocycles. The van der Waals surface area contributed by atoms with E-state index in [1.54, 1.807) is 4.90 Å². The number of hydrogen-bond donors (Lipinski definition) is 1. The van der Waals surface area contributed by atoms with Crippen molar-refractivity contribution in [2.24, 2.45) is 0 Å². The second kappa shape index (κ2) is 6.78. The van der Waals surface area contributed by atoms with Crippen LogP contribution in [0.25, 0.3) is 0 Å². The number of likely N-dealkylation sites (tertiary alicyclic amines) is 2. The van der Waals surface area contributed by atoms with E-state index in [0.717, 1.165) is 30.6 Å². The normalized spacial score (nSPS) is 31.1. The molecule has 3 fully saturated rings. The number of carbonyl (C=O) groups excluding carboxylic acids is 2. The van der Waals surface area contributed by atoms with E-state index >= 15 is 0 Å². The standard InChI is InChI=1S/C15H22F3N3O3/c16-15(17,18)9-20-7-5-10(13(20)22)19-14(23)21-6-1-3-11(21)12-4-2-8-24-12/h10-12H,1-9H2,(H,19,23). The summed E-state index contributed by atoms with van der Waals surface area (Å²) in [5, 5.41) is 2.61. The molecule has 3 aliphatic heterocycles. The number of carbonyl (C=O) groups is 2. The molecule has 3 heterocycles. The lowest BCUT2D eigenvalue weighted by Gasteiger charge is -2.29. The third-order valence-electron chi connectivity index (χ3n) is 4.92. The summed E-state index contributed by atoms with van der Waals surface area (Å²) in [6.45, 7) is 0.0343. The fraction of sp³-hybridized carbons (Fsp3) is 0.867. The second-order valence-electron chi connectivity index (χ2n) is 6.62. The molecule has 0 spiro atoms. The molecular formula is C15H22F3N3O3. The van der Waals surface area contributed by atoms with Gasteiger partial charge in [0.15, 0.2) is 0 Å². The molecule has 0 radical (unpaired) electrons. The van der Waals surface area contributed by atoms with E-state index in [1.807, 2.05) is 0 Å². The van der Waals surface area contributed by atoms with Gasteiger partial charge in [0, 0.05) is 19.7 Å². The fourth-order valence-electron chi connectivity index (χ4n) is 3.82. The lowest BCUT2D eigenvalue weighted by atomic mass is 10.1. The largest absolute Gasteiger partial charge is 0.406 e. The first kappa shape index (κ1) is 17.3. The summed E-state index contributed by atoms with van der Waals surface area (Å²) >= 11 is 0. The predicted octanol–water partition coefficient (Wildman–Crippen LogP) is 1.50. The summed E-state index contributed by atoms with van der Waals surface area (Å²) in [5.74, 6) is -0.659. The Balaban J connectivity index is 1.55. The zero-order chi connectivity index (χ0) is 17.3. The van der Waals surface area contributed by atoms with Gasteiger partial charge in [-0.05, 0) is 32.1 Å². The van der Waals surface area contributed by atoms with Gasteiger partial charge in [0.1, 0.15) is 12.6 Å². The van der Waals surface area contributed by atoms with Gasteiger partial charge in [-0.2, -0.15) is 13.2 Å². The Hall–Kier alpha value is -1.51. The van der Waals surface area contributed by atoms with E-state index in [4.69, 9.17) is 4.74 Å². The number of hydrogen-bond acceptors (Lipinski definition) is 3. The van der Waals surface area contributed by atoms with Crippen LogP contribution in [0.3, 0.4) is 0 Å². The summed E-state index contributed by atoms with van der Waals surface area (Å²) in [7, 11) is 0. The highest BCUT2D eigenvalue weighted by atomic mass is 19.4. The van der Waals surface area contributed by atoms with Gasteiger partial charge in [-0.15, -0.1) is 0 Å². The smallest absolute Gasteiger partial charge is 0.376 e. The highest BCUT2D eigenvalue weighted by Crippen LogP contribution is 2.28. The minimum Gasteiger partial charge on any atom is -0.376 e. The van der Waals surface area contributed by atoms with Crippen LogP contribution in [0.4, 0.5) is 18.0 Å². The molecule has 3 aliphatic rings. The Morgan fingerprint density at radius 1 is 1.21 bits per heavy atom. The molecule has 0 bridgehead atoms. The monoisotopic (exact) mass is 349 g/mol. The topological polar surface area (TPSA) is 61.9 Å². The summed E-state index contributed by atoms with van der Waals surface area (Å²) in [5.41, 5.74) is 0. The number of rotatable bonds is 3. The van der Waals surface area contributed by atoms with Gasteiger partial charge >= 0.3 is 12.2 Å². The minimum absolute atomic E-state index is 0.00437. The van der Waals surface area contributed by atoms with Gasteiger partial charge in [0.2, 0.25) is 5.91 Å². The van der Waals surface area contributed by atoms with Crippen molar-refractivity contribution in [2.45, 2.75) is 56.5 Å². The Morgan fingerprint density at radius 2 is 2.00 bits per heavy atom. The molecule has 1 N–H and O–H groups in total. The van der Waals surface area contributed by atoms with Crippen LogP contribution in [-0.2, 0) is 9.53 Å². The maximum absolute atomic E-state index is 12.5. The lowest BCUT2D eigenvalue weighted by molar-refractivity contribution is -0.157. The van der Waals surface area contributed by atoms with E-state index in [1.165, 1.54) is 0 Å². The molecule has 0 aromatic heterocycles. The third-order valence-corrected chi connectivity index (χ3v) is 4.92. The number of ether oxygens (including phenoxy) is 1. The maximum atomic E-state index is 12.5. The Bertz CT molecular complexity index is 494. The number of nitrogens with one attached hydrogen (secondary N) is 1. The molecule has 24 heavy (non-hydrogen) atoms. The molecule has 3 amide bonds. The lowest BCUT2D eigenvalue weighted by Crippen LogP contribution is -2.52. The van der Waals surface area contributed by atoms with Gasteiger partial charge < -0.3 is 19.9 Å². The molecule has 0 aromatic rings. The van der Waals surface area contributed by atoms with Crippen molar-refractivity contribution in [1.82, 2.24) is 15.1 Å². The van der Waals surface area contributed by atoms with Gasteiger partial charge in [0.25, 0.3) is 0 Å². The average molecular weight is 349 g/mol. The van der Waals surface area contributed by atoms with Crippen LogP contribution in [0.1, 0.15) is 32.1 Å². The zero-order valence-electron chi connectivity index (χ0n) is 13.3. The minimum atomic E-state index is -4.42. The van der Waals surface area contributed by atoms with Crippen molar-refractivity contribution >= 4 is 11.9 Å². The van der Waals surface area contributed by atoms with Crippen molar-refractivity contribution in [3.63, 3.8) is 0 Å². The first-order chi connectivity index (χ1) is 11.3. The summed E-state index contributed by atoms with van der Waals surface area (Å²) < 4.78 is 43.0. The van der Waals surface area contributed by atoms with E-state index in [2.05, 4.69) is 5.32 Å². The highest BCUT2D eigenvalue weighted by molar-refractivity contribution is 5.88. The molecule has 0 saturated carbocycles.